The van der Waals surface area contributed by atoms with Crippen molar-refractivity contribution in [1.82, 2.24) is 9.97 Å². The fraction of sp³-hybridized carbons (Fsp3) is 0.167. The van der Waals surface area contributed by atoms with E-state index in [1.54, 1.807) is 0 Å². The zero-order valence-electron chi connectivity index (χ0n) is 9.54. The van der Waals surface area contributed by atoms with Crippen LogP contribution in [0, 0.1) is 24.4 Å². The SMILES string of the molecule is Cc1ncnc(NCc2ccc(F)c(F)c2)c1F. The Morgan fingerprint density at radius 1 is 1.11 bits per heavy atom. The van der Waals surface area contributed by atoms with E-state index in [0.29, 0.717) is 5.56 Å². The van der Waals surface area contributed by atoms with Crippen LogP contribution in [0.2, 0.25) is 0 Å². The maximum absolute atomic E-state index is 13.5. The van der Waals surface area contributed by atoms with Gasteiger partial charge in [-0.3, -0.25) is 0 Å². The Kier molecular flexibility index (Phi) is 3.45. The van der Waals surface area contributed by atoms with Crippen LogP contribution in [0.3, 0.4) is 0 Å². The van der Waals surface area contributed by atoms with Gasteiger partial charge in [0.05, 0.1) is 5.69 Å². The molecular formula is C12H10F3N3. The van der Waals surface area contributed by atoms with E-state index in [1.807, 2.05) is 0 Å². The summed E-state index contributed by atoms with van der Waals surface area (Å²) >= 11 is 0. The molecule has 94 valence electrons. The molecule has 1 heterocycles. The zero-order valence-corrected chi connectivity index (χ0v) is 9.54. The molecule has 6 heteroatoms. The Balaban J connectivity index is 2.11. The van der Waals surface area contributed by atoms with Gasteiger partial charge in [0.1, 0.15) is 6.33 Å². The number of hydrogen-bond acceptors (Lipinski definition) is 3. The standard InChI is InChI=1S/C12H10F3N3/c1-7-11(15)12(18-6-17-7)16-5-8-2-3-9(13)10(14)4-8/h2-4,6H,5H2,1H3,(H,16,17,18). The fourth-order valence-corrected chi connectivity index (χ4v) is 1.42. The number of nitrogens with one attached hydrogen (secondary N) is 1. The molecule has 0 fully saturated rings. The van der Waals surface area contributed by atoms with Crippen LogP contribution in [0.1, 0.15) is 11.3 Å². The summed E-state index contributed by atoms with van der Waals surface area (Å²) in [5.41, 5.74) is 0.711. The van der Waals surface area contributed by atoms with Gasteiger partial charge >= 0.3 is 0 Å². The van der Waals surface area contributed by atoms with E-state index in [9.17, 15) is 13.2 Å². The highest BCUT2D eigenvalue weighted by molar-refractivity contribution is 5.38. The molecule has 1 N–H and O–H groups in total. The normalized spacial score (nSPS) is 10.4. The Morgan fingerprint density at radius 2 is 1.89 bits per heavy atom. The lowest BCUT2D eigenvalue weighted by atomic mass is 10.2. The van der Waals surface area contributed by atoms with Gasteiger partial charge in [-0.25, -0.2) is 23.1 Å². The second-order valence-electron chi connectivity index (χ2n) is 3.72. The van der Waals surface area contributed by atoms with Crippen molar-refractivity contribution in [3.63, 3.8) is 0 Å². The predicted octanol–water partition coefficient (Wildman–Crippen LogP) is 2.81. The third-order valence-corrected chi connectivity index (χ3v) is 2.41. The first-order valence-electron chi connectivity index (χ1n) is 5.23. The van der Waals surface area contributed by atoms with Gasteiger partial charge in [0.2, 0.25) is 0 Å². The molecule has 0 saturated heterocycles. The van der Waals surface area contributed by atoms with Gasteiger partial charge in [0.15, 0.2) is 23.3 Å². The van der Waals surface area contributed by atoms with Gasteiger partial charge in [-0.2, -0.15) is 0 Å². The maximum atomic E-state index is 13.5. The van der Waals surface area contributed by atoms with Crippen molar-refractivity contribution in [2.45, 2.75) is 13.5 Å². The first kappa shape index (κ1) is 12.3. The third kappa shape index (κ3) is 2.58. The van der Waals surface area contributed by atoms with Crippen LogP contribution >= 0.6 is 0 Å². The lowest BCUT2D eigenvalue weighted by Gasteiger charge is -2.07. The van der Waals surface area contributed by atoms with Crippen molar-refractivity contribution in [1.29, 1.82) is 0 Å². The van der Waals surface area contributed by atoms with E-state index in [4.69, 9.17) is 0 Å². The van der Waals surface area contributed by atoms with E-state index in [1.165, 1.54) is 19.3 Å². The van der Waals surface area contributed by atoms with Gasteiger partial charge in [0.25, 0.3) is 0 Å². The Labute approximate surface area is 102 Å². The minimum atomic E-state index is -0.936. The fourth-order valence-electron chi connectivity index (χ4n) is 1.42. The molecule has 3 nitrogen and oxygen atoms in total. The number of anilines is 1. The molecular weight excluding hydrogens is 243 g/mol. The summed E-state index contributed by atoms with van der Waals surface area (Å²) in [6.07, 6.45) is 1.23. The number of benzene rings is 1. The zero-order chi connectivity index (χ0) is 13.1. The van der Waals surface area contributed by atoms with Crippen LogP contribution in [0.25, 0.3) is 0 Å². The van der Waals surface area contributed by atoms with Gasteiger partial charge in [0, 0.05) is 6.54 Å². The lowest BCUT2D eigenvalue weighted by molar-refractivity contribution is 0.507. The molecule has 2 aromatic rings. The monoisotopic (exact) mass is 253 g/mol. The second kappa shape index (κ2) is 5.03. The average Bonchev–Trinajstić information content (AvgIpc) is 2.35. The highest BCUT2D eigenvalue weighted by atomic mass is 19.2. The number of halogens is 3. The molecule has 0 unspecified atom stereocenters. The largest absolute Gasteiger partial charge is 0.363 e. The molecule has 0 amide bonds. The molecule has 0 aliphatic rings. The molecule has 18 heavy (non-hydrogen) atoms. The molecule has 0 radical (unpaired) electrons. The van der Waals surface area contributed by atoms with Crippen molar-refractivity contribution in [2.75, 3.05) is 5.32 Å². The Hall–Kier alpha value is -2.11. The number of hydrogen-bond donors (Lipinski definition) is 1. The van der Waals surface area contributed by atoms with Crippen molar-refractivity contribution in [3.05, 3.63) is 53.2 Å². The molecule has 1 aromatic heterocycles. The van der Waals surface area contributed by atoms with Crippen LogP contribution in [0.5, 0.6) is 0 Å². The van der Waals surface area contributed by atoms with Crippen LogP contribution in [-0.2, 0) is 6.54 Å². The number of aryl methyl sites for hydroxylation is 1. The average molecular weight is 253 g/mol. The van der Waals surface area contributed by atoms with E-state index >= 15 is 0 Å². The summed E-state index contributed by atoms with van der Waals surface area (Å²) < 4.78 is 39.2. The quantitative estimate of drug-likeness (QED) is 0.914. The summed E-state index contributed by atoms with van der Waals surface area (Å²) in [6, 6.07) is 3.49. The van der Waals surface area contributed by atoms with Crippen molar-refractivity contribution in [2.24, 2.45) is 0 Å². The predicted molar refractivity (Wildman–Crippen MR) is 60.4 cm³/mol. The highest BCUT2D eigenvalue weighted by Crippen LogP contribution is 2.14. The highest BCUT2D eigenvalue weighted by Gasteiger charge is 2.08. The molecule has 0 bridgehead atoms. The summed E-state index contributed by atoms with van der Waals surface area (Å²) in [7, 11) is 0. The maximum Gasteiger partial charge on any atom is 0.186 e. The number of nitrogens with zero attached hydrogens (tertiary/aromatic N) is 2. The van der Waals surface area contributed by atoms with Gasteiger partial charge in [-0.1, -0.05) is 6.07 Å². The van der Waals surface area contributed by atoms with Crippen molar-refractivity contribution < 1.29 is 13.2 Å². The summed E-state index contributed by atoms with van der Waals surface area (Å²) in [4.78, 5) is 7.41. The Morgan fingerprint density at radius 3 is 2.61 bits per heavy atom. The van der Waals surface area contributed by atoms with Crippen LogP contribution in [0.4, 0.5) is 19.0 Å². The first-order chi connectivity index (χ1) is 8.58. The molecule has 0 atom stereocenters. The van der Waals surface area contributed by atoms with Crippen LogP contribution in [0.15, 0.2) is 24.5 Å². The van der Waals surface area contributed by atoms with Gasteiger partial charge in [-0.15, -0.1) is 0 Å². The molecule has 1 aromatic carbocycles. The van der Waals surface area contributed by atoms with Crippen LogP contribution in [-0.4, -0.2) is 9.97 Å². The summed E-state index contributed by atoms with van der Waals surface area (Å²) in [5.74, 6) is -2.37. The van der Waals surface area contributed by atoms with Crippen LogP contribution < -0.4 is 5.32 Å². The molecule has 2 rings (SSSR count). The second-order valence-corrected chi connectivity index (χ2v) is 3.72. The number of rotatable bonds is 3. The van der Waals surface area contributed by atoms with E-state index in [0.717, 1.165) is 12.1 Å². The van der Waals surface area contributed by atoms with Gasteiger partial charge < -0.3 is 5.32 Å². The molecule has 0 aliphatic heterocycles. The van der Waals surface area contributed by atoms with Crippen molar-refractivity contribution in [3.8, 4) is 0 Å². The van der Waals surface area contributed by atoms with E-state index < -0.39 is 17.5 Å². The number of aromatic nitrogens is 2. The van der Waals surface area contributed by atoms with E-state index in [-0.39, 0.29) is 18.1 Å². The van der Waals surface area contributed by atoms with Crippen molar-refractivity contribution >= 4 is 5.82 Å². The third-order valence-electron chi connectivity index (χ3n) is 2.41. The molecule has 0 spiro atoms. The van der Waals surface area contributed by atoms with E-state index in [2.05, 4.69) is 15.3 Å². The molecule has 0 saturated carbocycles. The first-order valence-corrected chi connectivity index (χ1v) is 5.23. The summed E-state index contributed by atoms with van der Waals surface area (Å²) in [5, 5.41) is 2.70. The minimum Gasteiger partial charge on any atom is -0.363 e. The summed E-state index contributed by atoms with van der Waals surface area (Å²) in [6.45, 7) is 1.66. The lowest BCUT2D eigenvalue weighted by Crippen LogP contribution is -2.06. The topological polar surface area (TPSA) is 37.8 Å². The molecule has 0 aliphatic carbocycles. The smallest absolute Gasteiger partial charge is 0.186 e. The van der Waals surface area contributed by atoms with Gasteiger partial charge in [-0.05, 0) is 24.6 Å². The Bertz CT molecular complexity index is 572. The minimum absolute atomic E-state index is 0.0345.